The van der Waals surface area contributed by atoms with E-state index in [0.29, 0.717) is 5.69 Å². The number of carbonyl (C=O) groups excluding carboxylic acids is 1. The van der Waals surface area contributed by atoms with Crippen LogP contribution in [0.15, 0.2) is 47.4 Å². The molecule has 2 N–H and O–H groups in total. The zero-order chi connectivity index (χ0) is 17.8. The number of amides is 2. The summed E-state index contributed by atoms with van der Waals surface area (Å²) in [5.41, 5.74) is 2.25. The summed E-state index contributed by atoms with van der Waals surface area (Å²) in [5, 5.41) is 5.86. The number of ether oxygens (including phenoxy) is 1. The van der Waals surface area contributed by atoms with Crippen LogP contribution in [0.5, 0.6) is 0 Å². The van der Waals surface area contributed by atoms with Crippen molar-refractivity contribution in [3.8, 4) is 0 Å². The van der Waals surface area contributed by atoms with Crippen LogP contribution in [0, 0.1) is 6.92 Å². The average Bonchev–Trinajstić information content (AvgIpc) is 3.12. The minimum atomic E-state index is -0.314. The van der Waals surface area contributed by atoms with Crippen LogP contribution >= 0.6 is 0 Å². The summed E-state index contributed by atoms with van der Waals surface area (Å²) in [6.45, 7) is 2.52. The van der Waals surface area contributed by atoms with E-state index in [1.165, 1.54) is 10.6 Å². The summed E-state index contributed by atoms with van der Waals surface area (Å²) in [4.78, 5) is 24.2. The molecule has 1 aromatic heterocycles. The first-order chi connectivity index (χ1) is 12.0. The molecule has 1 fully saturated rings. The van der Waals surface area contributed by atoms with Gasteiger partial charge in [0, 0.05) is 25.9 Å². The van der Waals surface area contributed by atoms with Gasteiger partial charge in [-0.25, -0.2) is 4.79 Å². The fourth-order valence-corrected chi connectivity index (χ4v) is 3.07. The molecule has 1 aromatic carbocycles. The van der Waals surface area contributed by atoms with Crippen molar-refractivity contribution in [2.24, 2.45) is 7.05 Å². The minimum absolute atomic E-state index is 0.0330. The van der Waals surface area contributed by atoms with Gasteiger partial charge in [0.1, 0.15) is 0 Å². The molecule has 6 heteroatoms. The number of benzene rings is 1. The lowest BCUT2D eigenvalue weighted by atomic mass is 9.99. The molecule has 25 heavy (non-hydrogen) atoms. The lowest BCUT2D eigenvalue weighted by Crippen LogP contribution is -2.39. The zero-order valence-electron chi connectivity index (χ0n) is 14.5. The third-order valence-corrected chi connectivity index (χ3v) is 4.47. The van der Waals surface area contributed by atoms with Gasteiger partial charge >= 0.3 is 6.03 Å². The molecule has 1 aliphatic rings. The van der Waals surface area contributed by atoms with E-state index < -0.39 is 0 Å². The molecule has 2 atom stereocenters. The van der Waals surface area contributed by atoms with E-state index in [-0.39, 0.29) is 23.7 Å². The highest BCUT2D eigenvalue weighted by Gasteiger charge is 2.28. The maximum Gasteiger partial charge on any atom is 0.319 e. The fourth-order valence-electron chi connectivity index (χ4n) is 3.07. The van der Waals surface area contributed by atoms with Gasteiger partial charge in [0.15, 0.2) is 0 Å². The number of rotatable bonds is 4. The number of anilines is 1. The van der Waals surface area contributed by atoms with Crippen molar-refractivity contribution in [2.75, 3.05) is 11.9 Å². The molecule has 1 saturated heterocycles. The Morgan fingerprint density at radius 1 is 1.32 bits per heavy atom. The Hall–Kier alpha value is -2.60. The van der Waals surface area contributed by atoms with E-state index in [0.717, 1.165) is 30.6 Å². The van der Waals surface area contributed by atoms with Gasteiger partial charge in [-0.2, -0.15) is 0 Å². The molecule has 0 bridgehead atoms. The number of hydrogen-bond acceptors (Lipinski definition) is 3. The first-order valence-electron chi connectivity index (χ1n) is 8.46. The number of carbonyl (C=O) groups is 1. The Morgan fingerprint density at radius 3 is 2.76 bits per heavy atom. The fraction of sp³-hybridized carbons (Fsp3) is 0.368. The van der Waals surface area contributed by atoms with Gasteiger partial charge in [-0.05, 0) is 30.9 Å². The number of pyridine rings is 1. The van der Waals surface area contributed by atoms with Gasteiger partial charge in [-0.3, -0.25) is 4.79 Å². The summed E-state index contributed by atoms with van der Waals surface area (Å²) in [7, 11) is 1.66. The quantitative estimate of drug-likeness (QED) is 0.898. The highest BCUT2D eigenvalue weighted by molar-refractivity contribution is 5.90. The van der Waals surface area contributed by atoms with Gasteiger partial charge in [-0.1, -0.05) is 30.3 Å². The predicted molar refractivity (Wildman–Crippen MR) is 96.7 cm³/mol. The summed E-state index contributed by atoms with van der Waals surface area (Å²) >= 11 is 0. The number of aromatic nitrogens is 1. The third-order valence-electron chi connectivity index (χ3n) is 4.47. The molecule has 6 nitrogen and oxygen atoms in total. The van der Waals surface area contributed by atoms with Crippen LogP contribution in [0.3, 0.4) is 0 Å². The van der Waals surface area contributed by atoms with Crippen molar-refractivity contribution in [3.63, 3.8) is 0 Å². The monoisotopic (exact) mass is 341 g/mol. The molecule has 0 saturated carbocycles. The Kier molecular flexibility index (Phi) is 5.19. The Labute approximate surface area is 146 Å². The SMILES string of the molecule is Cc1cc(=O)n(C)cc1NC(=O)NC(c1ccccc1)C1CCCO1. The highest BCUT2D eigenvalue weighted by Crippen LogP contribution is 2.27. The second kappa shape index (κ2) is 7.53. The van der Waals surface area contributed by atoms with Crippen molar-refractivity contribution in [1.82, 2.24) is 9.88 Å². The van der Waals surface area contributed by atoms with Crippen LogP contribution < -0.4 is 16.2 Å². The Morgan fingerprint density at radius 2 is 2.08 bits per heavy atom. The first-order valence-corrected chi connectivity index (χ1v) is 8.46. The van der Waals surface area contributed by atoms with E-state index in [4.69, 9.17) is 4.74 Å². The van der Waals surface area contributed by atoms with Crippen LogP contribution in [0.25, 0.3) is 0 Å². The number of urea groups is 1. The van der Waals surface area contributed by atoms with Crippen LogP contribution in [-0.2, 0) is 11.8 Å². The predicted octanol–water partition coefficient (Wildman–Crippen LogP) is 2.74. The van der Waals surface area contributed by atoms with Crippen LogP contribution in [0.4, 0.5) is 10.5 Å². The van der Waals surface area contributed by atoms with Crippen molar-refractivity contribution in [3.05, 3.63) is 64.1 Å². The van der Waals surface area contributed by atoms with Gasteiger partial charge in [-0.15, -0.1) is 0 Å². The molecular weight excluding hydrogens is 318 g/mol. The summed E-state index contributed by atoms with van der Waals surface area (Å²) in [6.07, 6.45) is 3.51. The van der Waals surface area contributed by atoms with Gasteiger partial charge in [0.2, 0.25) is 0 Å². The lowest BCUT2D eigenvalue weighted by Gasteiger charge is -2.25. The molecule has 0 spiro atoms. The summed E-state index contributed by atoms with van der Waals surface area (Å²) < 4.78 is 7.23. The third kappa shape index (κ3) is 4.09. The second-order valence-corrected chi connectivity index (χ2v) is 6.36. The van der Waals surface area contributed by atoms with Crippen molar-refractivity contribution in [2.45, 2.75) is 31.9 Å². The Balaban J connectivity index is 1.76. The second-order valence-electron chi connectivity index (χ2n) is 6.36. The molecule has 2 heterocycles. The van der Waals surface area contributed by atoms with E-state index in [1.54, 1.807) is 20.2 Å². The standard InChI is InChI=1S/C19H23N3O3/c1-13-11-17(23)22(2)12-15(13)20-19(24)21-18(16-9-6-10-25-16)14-7-4-3-5-8-14/h3-5,7-8,11-12,16,18H,6,9-10H2,1-2H3,(H2,20,21,24). The number of hydrogen-bond donors (Lipinski definition) is 2. The minimum Gasteiger partial charge on any atom is -0.376 e. The molecule has 132 valence electrons. The van der Waals surface area contributed by atoms with E-state index in [1.807, 2.05) is 30.3 Å². The number of aryl methyl sites for hydroxylation is 2. The molecule has 2 unspecified atom stereocenters. The molecule has 0 aliphatic carbocycles. The smallest absolute Gasteiger partial charge is 0.319 e. The van der Waals surface area contributed by atoms with E-state index in [9.17, 15) is 9.59 Å². The average molecular weight is 341 g/mol. The molecule has 1 aliphatic heterocycles. The van der Waals surface area contributed by atoms with Crippen LogP contribution in [0.1, 0.15) is 30.0 Å². The first kappa shape index (κ1) is 17.2. The number of nitrogens with one attached hydrogen (secondary N) is 2. The van der Waals surface area contributed by atoms with Crippen molar-refractivity contribution < 1.29 is 9.53 Å². The van der Waals surface area contributed by atoms with Crippen LogP contribution in [0.2, 0.25) is 0 Å². The van der Waals surface area contributed by atoms with Crippen molar-refractivity contribution >= 4 is 11.7 Å². The maximum absolute atomic E-state index is 12.5. The molecule has 3 rings (SSSR count). The van der Waals surface area contributed by atoms with Gasteiger partial charge in [0.25, 0.3) is 5.56 Å². The summed E-state index contributed by atoms with van der Waals surface area (Å²) in [6, 6.07) is 10.8. The van der Waals surface area contributed by atoms with Gasteiger partial charge in [0.05, 0.1) is 17.8 Å². The molecular formula is C19H23N3O3. The van der Waals surface area contributed by atoms with Crippen molar-refractivity contribution in [1.29, 1.82) is 0 Å². The number of nitrogens with zero attached hydrogens (tertiary/aromatic N) is 1. The maximum atomic E-state index is 12.5. The molecule has 2 aromatic rings. The largest absolute Gasteiger partial charge is 0.376 e. The van der Waals surface area contributed by atoms with Crippen LogP contribution in [-0.4, -0.2) is 23.3 Å². The lowest BCUT2D eigenvalue weighted by molar-refractivity contribution is 0.0815. The van der Waals surface area contributed by atoms with E-state index in [2.05, 4.69) is 10.6 Å². The Bertz CT molecular complexity index is 795. The summed E-state index contributed by atoms with van der Waals surface area (Å²) in [5.74, 6) is 0. The molecule has 0 radical (unpaired) electrons. The topological polar surface area (TPSA) is 72.4 Å². The normalized spacial score (nSPS) is 17.9. The van der Waals surface area contributed by atoms with E-state index >= 15 is 0 Å². The molecule has 2 amide bonds. The highest BCUT2D eigenvalue weighted by atomic mass is 16.5. The zero-order valence-corrected chi connectivity index (χ0v) is 14.5. The van der Waals surface area contributed by atoms with Gasteiger partial charge < -0.3 is 19.9 Å².